The predicted molar refractivity (Wildman–Crippen MR) is 167 cm³/mol. The molecule has 14 nitrogen and oxygen atoms in total. The maximum atomic E-state index is 12.5. The minimum absolute atomic E-state index is 0.0299. The third-order valence-electron chi connectivity index (χ3n) is 14.1. The number of ether oxygens (including phenoxy) is 5. The highest BCUT2D eigenvalue weighted by molar-refractivity contribution is 5.85. The van der Waals surface area contributed by atoms with Crippen molar-refractivity contribution in [3.05, 3.63) is 11.6 Å². The Balaban J connectivity index is 1.03. The van der Waals surface area contributed by atoms with Gasteiger partial charge in [0.25, 0.3) is 0 Å². The zero-order chi connectivity index (χ0) is 35.1. The molecule has 0 spiro atoms. The molecule has 0 radical (unpaired) electrons. The van der Waals surface area contributed by atoms with Crippen molar-refractivity contribution in [1.82, 2.24) is 0 Å². The largest absolute Gasteiger partial charge is 0.458 e. The molecule has 6 fully saturated rings. The van der Waals surface area contributed by atoms with E-state index < -0.39 is 83.4 Å². The van der Waals surface area contributed by atoms with E-state index in [0.717, 1.165) is 12.0 Å². The smallest absolute Gasteiger partial charge is 0.331 e. The molecule has 14 heteroatoms. The van der Waals surface area contributed by atoms with Crippen molar-refractivity contribution in [3.8, 4) is 0 Å². The van der Waals surface area contributed by atoms with E-state index in [-0.39, 0.29) is 56.4 Å². The number of esters is 1. The van der Waals surface area contributed by atoms with Crippen LogP contribution in [0.3, 0.4) is 0 Å². The first-order valence-corrected chi connectivity index (χ1v) is 18.1. The fraction of sp³-hybridized carbons (Fsp3) is 0.914. The van der Waals surface area contributed by atoms with Crippen LogP contribution in [0, 0.1) is 28.6 Å². The molecular formula is C35H54O14. The third kappa shape index (κ3) is 5.64. The molecule has 4 saturated carbocycles. The van der Waals surface area contributed by atoms with E-state index in [1.165, 1.54) is 0 Å². The molecule has 4 unspecified atom stereocenters. The molecule has 0 aromatic heterocycles. The molecule has 278 valence electrons. The highest BCUT2D eigenvalue weighted by Gasteiger charge is 2.71. The molecule has 0 amide bonds. The van der Waals surface area contributed by atoms with Crippen LogP contribution in [0.25, 0.3) is 0 Å². The van der Waals surface area contributed by atoms with Gasteiger partial charge in [-0.2, -0.15) is 0 Å². The van der Waals surface area contributed by atoms with Gasteiger partial charge < -0.3 is 64.5 Å². The van der Waals surface area contributed by atoms with Gasteiger partial charge in [-0.3, -0.25) is 0 Å². The zero-order valence-corrected chi connectivity index (χ0v) is 28.3. The van der Waals surface area contributed by atoms with Crippen molar-refractivity contribution in [2.24, 2.45) is 28.6 Å². The van der Waals surface area contributed by atoms with Crippen LogP contribution < -0.4 is 0 Å². The van der Waals surface area contributed by atoms with Gasteiger partial charge >= 0.3 is 5.97 Å². The van der Waals surface area contributed by atoms with E-state index >= 15 is 0 Å². The maximum absolute atomic E-state index is 12.5. The summed E-state index contributed by atoms with van der Waals surface area (Å²) >= 11 is 0. The Hall–Kier alpha value is -1.27. The van der Waals surface area contributed by atoms with Crippen LogP contribution in [0.15, 0.2) is 11.6 Å². The highest BCUT2D eigenvalue weighted by atomic mass is 16.7. The normalized spacial score (nSPS) is 54.4. The summed E-state index contributed by atoms with van der Waals surface area (Å²) in [5.74, 6) is -0.584. The quantitative estimate of drug-likeness (QED) is 0.123. The Kier molecular flexibility index (Phi) is 9.57. The monoisotopic (exact) mass is 698 g/mol. The molecule has 0 aromatic carbocycles. The van der Waals surface area contributed by atoms with Gasteiger partial charge in [-0.1, -0.05) is 6.92 Å². The topological polar surface area (TPSA) is 225 Å². The summed E-state index contributed by atoms with van der Waals surface area (Å²) < 4.78 is 28.5. The molecule has 8 N–H and O–H groups in total. The summed E-state index contributed by atoms with van der Waals surface area (Å²) in [5, 5.41) is 88.3. The van der Waals surface area contributed by atoms with Crippen LogP contribution in [0.1, 0.15) is 78.1 Å². The van der Waals surface area contributed by atoms with E-state index in [1.807, 2.05) is 0 Å². The Bertz CT molecular complexity index is 1270. The maximum Gasteiger partial charge on any atom is 0.331 e. The summed E-state index contributed by atoms with van der Waals surface area (Å²) in [5.41, 5.74) is -2.73. The van der Waals surface area contributed by atoms with Gasteiger partial charge in [0.05, 0.1) is 42.7 Å². The second kappa shape index (κ2) is 13.0. The van der Waals surface area contributed by atoms with E-state index in [4.69, 9.17) is 23.7 Å². The molecule has 7 rings (SSSR count). The van der Waals surface area contributed by atoms with E-state index in [2.05, 4.69) is 6.92 Å². The molecular weight excluding hydrogens is 644 g/mol. The van der Waals surface area contributed by atoms with Gasteiger partial charge in [0.2, 0.25) is 0 Å². The molecule has 0 bridgehead atoms. The third-order valence-corrected chi connectivity index (χ3v) is 14.1. The minimum Gasteiger partial charge on any atom is -0.458 e. The first-order valence-electron chi connectivity index (χ1n) is 18.1. The van der Waals surface area contributed by atoms with Gasteiger partial charge in [0.1, 0.15) is 37.1 Å². The SMILES string of the molecule is CC1O[C@H](O)C[C@H](O)[C@@H]1OCC1O[C@@H](O[C@H]2CC[C@]3(CO)C4CC[C@]5(C)[C@@H](C6=CC(=O)OC6)CC[C@]5(O)C4CC[C@]3(O)C2)[C@H](O)[C@H](O)[C@H]1O. The van der Waals surface area contributed by atoms with Crippen LogP contribution >= 0.6 is 0 Å². The van der Waals surface area contributed by atoms with Crippen molar-refractivity contribution in [3.63, 3.8) is 0 Å². The number of aliphatic hydroxyl groups is 8. The number of cyclic esters (lactones) is 1. The number of carbonyl (C=O) groups is 1. The number of hydrogen-bond acceptors (Lipinski definition) is 14. The standard InChI is InChI=1S/C35H54O14/c1-17-30(23(37)12-26(39)47-17)46-15-24-27(40)28(41)29(42)31(49-24)48-19-3-8-33(16-36)21-4-7-32(2)20(18-11-25(38)45-14-18)6-10-35(32,44)22(21)5-9-34(33,43)13-19/h11,17,19-24,26-31,36-37,39-44H,3-10,12-16H2,1-2H3/t17?,19-,20+,21?,22?,23-,24?,26-,27-,28+,29+,30+,31+,32+,33-,34-,35-/m0/s1. The molecule has 3 aliphatic heterocycles. The Morgan fingerprint density at radius 2 is 1.67 bits per heavy atom. The summed E-state index contributed by atoms with van der Waals surface area (Å²) in [6.07, 6.45) is -5.25. The number of carbonyl (C=O) groups excluding carboxylic acids is 1. The first kappa shape index (κ1) is 36.1. The van der Waals surface area contributed by atoms with Crippen molar-refractivity contribution in [2.45, 2.75) is 151 Å². The fourth-order valence-corrected chi connectivity index (χ4v) is 11.5. The van der Waals surface area contributed by atoms with Gasteiger partial charge in [-0.15, -0.1) is 0 Å². The molecule has 3 heterocycles. The molecule has 49 heavy (non-hydrogen) atoms. The number of rotatable bonds is 7. The van der Waals surface area contributed by atoms with Crippen LogP contribution in [-0.2, 0) is 28.5 Å². The molecule has 7 aliphatic rings. The zero-order valence-electron chi connectivity index (χ0n) is 28.3. The lowest BCUT2D eigenvalue weighted by Crippen LogP contribution is -2.69. The molecule has 17 atom stereocenters. The Morgan fingerprint density at radius 3 is 2.37 bits per heavy atom. The summed E-state index contributed by atoms with van der Waals surface area (Å²) in [7, 11) is 0. The van der Waals surface area contributed by atoms with Gasteiger partial charge in [0.15, 0.2) is 12.6 Å². The number of aliphatic hydroxyl groups excluding tert-OH is 6. The molecule has 0 aromatic rings. The predicted octanol–water partition coefficient (Wildman–Crippen LogP) is -0.603. The summed E-state index contributed by atoms with van der Waals surface area (Å²) in [6, 6.07) is 0. The fourth-order valence-electron chi connectivity index (χ4n) is 11.5. The van der Waals surface area contributed by atoms with Crippen LogP contribution in [-0.4, -0.2) is 139 Å². The van der Waals surface area contributed by atoms with Gasteiger partial charge in [0, 0.05) is 29.7 Å². The summed E-state index contributed by atoms with van der Waals surface area (Å²) in [4.78, 5) is 11.9. The molecule has 2 saturated heterocycles. The summed E-state index contributed by atoms with van der Waals surface area (Å²) in [6.45, 7) is 3.51. The van der Waals surface area contributed by atoms with E-state index in [1.54, 1.807) is 13.0 Å². The van der Waals surface area contributed by atoms with E-state index in [0.29, 0.717) is 44.9 Å². The first-order chi connectivity index (χ1) is 23.2. The minimum atomic E-state index is -1.62. The van der Waals surface area contributed by atoms with Gasteiger partial charge in [-0.05, 0) is 81.6 Å². The van der Waals surface area contributed by atoms with Crippen LogP contribution in [0.5, 0.6) is 0 Å². The highest BCUT2D eigenvalue weighted by Crippen LogP contribution is 2.70. The van der Waals surface area contributed by atoms with Crippen LogP contribution in [0.4, 0.5) is 0 Å². The van der Waals surface area contributed by atoms with Gasteiger partial charge in [-0.25, -0.2) is 4.79 Å². The van der Waals surface area contributed by atoms with Crippen LogP contribution in [0.2, 0.25) is 0 Å². The van der Waals surface area contributed by atoms with E-state index in [9.17, 15) is 45.6 Å². The Labute approximate surface area is 285 Å². The number of hydrogen-bond donors (Lipinski definition) is 8. The second-order valence-electron chi connectivity index (χ2n) is 16.3. The lowest BCUT2D eigenvalue weighted by Gasteiger charge is -2.66. The Morgan fingerprint density at radius 1 is 0.918 bits per heavy atom. The lowest BCUT2D eigenvalue weighted by molar-refractivity contribution is -0.332. The second-order valence-corrected chi connectivity index (χ2v) is 16.3. The van der Waals surface area contributed by atoms with Crippen molar-refractivity contribution >= 4 is 5.97 Å². The average Bonchev–Trinajstić information content (AvgIpc) is 3.60. The van der Waals surface area contributed by atoms with Crippen molar-refractivity contribution in [2.75, 3.05) is 19.8 Å². The molecule has 4 aliphatic carbocycles. The number of fused-ring (bicyclic) bond motifs is 5. The van der Waals surface area contributed by atoms with Crippen molar-refractivity contribution < 1.29 is 69.3 Å². The average molecular weight is 699 g/mol. The van der Waals surface area contributed by atoms with Crippen molar-refractivity contribution in [1.29, 1.82) is 0 Å². The lowest BCUT2D eigenvalue weighted by atomic mass is 9.41.